The molecule has 1 unspecified atom stereocenters. The molecule has 1 atom stereocenters. The molecule has 1 aliphatic rings. The van der Waals surface area contributed by atoms with Crippen LogP contribution in [0.5, 0.6) is 5.75 Å². The maximum atomic E-state index is 12.2. The van der Waals surface area contributed by atoms with Crippen molar-refractivity contribution in [3.63, 3.8) is 0 Å². The first-order chi connectivity index (χ1) is 10.2. The second-order valence-corrected chi connectivity index (χ2v) is 5.51. The minimum absolute atomic E-state index is 0.0520. The van der Waals surface area contributed by atoms with Crippen molar-refractivity contribution in [2.24, 2.45) is 5.92 Å². The monoisotopic (exact) mass is 286 g/mol. The van der Waals surface area contributed by atoms with E-state index in [9.17, 15) is 4.79 Å². The van der Waals surface area contributed by atoms with Crippen LogP contribution in [0.4, 0.5) is 0 Å². The minimum atomic E-state index is 0.0520. The lowest BCUT2D eigenvalue weighted by atomic mass is 9.98. The van der Waals surface area contributed by atoms with Gasteiger partial charge in [-0.25, -0.2) is 0 Å². The van der Waals surface area contributed by atoms with Crippen molar-refractivity contribution < 1.29 is 9.53 Å². The minimum Gasteiger partial charge on any atom is -0.484 e. The van der Waals surface area contributed by atoms with Gasteiger partial charge < -0.3 is 9.64 Å². The molecule has 4 nitrogen and oxygen atoms in total. The van der Waals surface area contributed by atoms with E-state index in [1.807, 2.05) is 4.90 Å². The van der Waals surface area contributed by atoms with E-state index in [-0.39, 0.29) is 12.5 Å². The molecule has 112 valence electrons. The van der Waals surface area contributed by atoms with Crippen LogP contribution in [-0.2, 0) is 4.79 Å². The molecule has 0 N–H and O–H groups in total. The summed E-state index contributed by atoms with van der Waals surface area (Å²) in [6.45, 7) is 3.97. The number of amides is 1. The van der Waals surface area contributed by atoms with Gasteiger partial charge in [-0.3, -0.25) is 4.79 Å². The van der Waals surface area contributed by atoms with E-state index in [0.717, 1.165) is 31.8 Å². The van der Waals surface area contributed by atoms with Gasteiger partial charge in [-0.1, -0.05) is 13.3 Å². The molecule has 2 rings (SSSR count). The highest BCUT2D eigenvalue weighted by Gasteiger charge is 2.19. The fourth-order valence-corrected chi connectivity index (χ4v) is 2.69. The van der Waals surface area contributed by atoms with E-state index in [0.29, 0.717) is 11.3 Å². The Morgan fingerprint density at radius 3 is 2.76 bits per heavy atom. The lowest BCUT2D eigenvalue weighted by Gasteiger charge is -2.20. The highest BCUT2D eigenvalue weighted by Crippen LogP contribution is 2.20. The summed E-state index contributed by atoms with van der Waals surface area (Å²) < 4.78 is 5.51. The molecule has 1 aromatic rings. The van der Waals surface area contributed by atoms with Crippen LogP contribution in [-0.4, -0.2) is 30.5 Å². The number of nitriles is 1. The smallest absolute Gasteiger partial charge is 0.260 e. The first-order valence-corrected chi connectivity index (χ1v) is 7.63. The van der Waals surface area contributed by atoms with Gasteiger partial charge >= 0.3 is 0 Å². The van der Waals surface area contributed by atoms with E-state index in [1.165, 1.54) is 12.8 Å². The highest BCUT2D eigenvalue weighted by atomic mass is 16.5. The van der Waals surface area contributed by atoms with Crippen molar-refractivity contribution in [2.45, 2.75) is 32.6 Å². The van der Waals surface area contributed by atoms with Crippen molar-refractivity contribution in [2.75, 3.05) is 19.7 Å². The average Bonchev–Trinajstić information content (AvgIpc) is 2.78. The normalized spacial score (nSPS) is 18.7. The molecule has 0 spiro atoms. The van der Waals surface area contributed by atoms with E-state index >= 15 is 0 Å². The zero-order valence-electron chi connectivity index (χ0n) is 12.5. The van der Waals surface area contributed by atoms with Crippen LogP contribution in [0.15, 0.2) is 24.3 Å². The van der Waals surface area contributed by atoms with Crippen LogP contribution in [0.1, 0.15) is 38.2 Å². The molecule has 0 aliphatic carbocycles. The van der Waals surface area contributed by atoms with E-state index < -0.39 is 0 Å². The van der Waals surface area contributed by atoms with E-state index in [4.69, 9.17) is 10.00 Å². The zero-order valence-corrected chi connectivity index (χ0v) is 12.5. The average molecular weight is 286 g/mol. The number of rotatable bonds is 4. The fourth-order valence-electron chi connectivity index (χ4n) is 2.69. The Bertz CT molecular complexity index is 505. The number of ether oxygens (including phenoxy) is 1. The molecular weight excluding hydrogens is 264 g/mol. The summed E-state index contributed by atoms with van der Waals surface area (Å²) in [6.07, 6.45) is 4.60. The standard InChI is InChI=1S/C17H22N2O2/c1-2-14-4-3-10-19(11-9-14)17(20)13-21-16-7-5-15(12-18)6-8-16/h5-8,14H,2-4,9-11,13H2,1H3. The molecule has 1 fully saturated rings. The van der Waals surface area contributed by atoms with Crippen LogP contribution in [0.25, 0.3) is 0 Å². The molecule has 1 aromatic carbocycles. The lowest BCUT2D eigenvalue weighted by Crippen LogP contribution is -2.35. The summed E-state index contributed by atoms with van der Waals surface area (Å²) in [6, 6.07) is 8.89. The number of hydrogen-bond donors (Lipinski definition) is 0. The molecule has 4 heteroatoms. The first-order valence-electron chi connectivity index (χ1n) is 7.63. The Balaban J connectivity index is 1.82. The van der Waals surface area contributed by atoms with Gasteiger partial charge in [-0.15, -0.1) is 0 Å². The van der Waals surface area contributed by atoms with Gasteiger partial charge in [0.05, 0.1) is 11.6 Å². The Morgan fingerprint density at radius 1 is 1.33 bits per heavy atom. The summed E-state index contributed by atoms with van der Waals surface area (Å²) in [7, 11) is 0. The molecular formula is C17H22N2O2. The number of hydrogen-bond acceptors (Lipinski definition) is 3. The van der Waals surface area contributed by atoms with Crippen LogP contribution in [0.3, 0.4) is 0 Å². The topological polar surface area (TPSA) is 53.3 Å². The van der Waals surface area contributed by atoms with Gasteiger partial charge in [-0.05, 0) is 49.4 Å². The molecule has 1 saturated heterocycles. The van der Waals surface area contributed by atoms with Crippen LogP contribution in [0, 0.1) is 17.2 Å². The number of carbonyl (C=O) groups is 1. The summed E-state index contributed by atoms with van der Waals surface area (Å²) >= 11 is 0. The number of nitrogens with zero attached hydrogens (tertiary/aromatic N) is 2. The van der Waals surface area contributed by atoms with Crippen molar-refractivity contribution >= 4 is 5.91 Å². The Labute approximate surface area is 126 Å². The number of carbonyl (C=O) groups excluding carboxylic acids is 1. The molecule has 21 heavy (non-hydrogen) atoms. The summed E-state index contributed by atoms with van der Waals surface area (Å²) in [4.78, 5) is 14.1. The maximum absolute atomic E-state index is 12.2. The molecule has 0 bridgehead atoms. The predicted octanol–water partition coefficient (Wildman–Crippen LogP) is 2.98. The molecule has 1 heterocycles. The third-order valence-corrected chi connectivity index (χ3v) is 4.12. The van der Waals surface area contributed by atoms with Gasteiger partial charge in [0.25, 0.3) is 5.91 Å². The largest absolute Gasteiger partial charge is 0.484 e. The second kappa shape index (κ2) is 7.68. The second-order valence-electron chi connectivity index (χ2n) is 5.51. The van der Waals surface area contributed by atoms with Gasteiger partial charge in [-0.2, -0.15) is 5.26 Å². The quantitative estimate of drug-likeness (QED) is 0.855. The summed E-state index contributed by atoms with van der Waals surface area (Å²) in [5.41, 5.74) is 0.590. The van der Waals surface area contributed by atoms with Gasteiger partial charge in [0, 0.05) is 13.1 Å². The number of benzene rings is 1. The maximum Gasteiger partial charge on any atom is 0.260 e. The van der Waals surface area contributed by atoms with Crippen molar-refractivity contribution in [3.05, 3.63) is 29.8 Å². The van der Waals surface area contributed by atoms with Crippen LogP contribution < -0.4 is 4.74 Å². The van der Waals surface area contributed by atoms with Gasteiger partial charge in [0.1, 0.15) is 5.75 Å². The lowest BCUT2D eigenvalue weighted by molar-refractivity contribution is -0.133. The van der Waals surface area contributed by atoms with Crippen molar-refractivity contribution in [3.8, 4) is 11.8 Å². The Morgan fingerprint density at radius 2 is 2.10 bits per heavy atom. The first kappa shape index (κ1) is 15.4. The van der Waals surface area contributed by atoms with E-state index in [2.05, 4.69) is 13.0 Å². The van der Waals surface area contributed by atoms with E-state index in [1.54, 1.807) is 24.3 Å². The fraction of sp³-hybridized carbons (Fsp3) is 0.529. The predicted molar refractivity (Wildman–Crippen MR) is 80.9 cm³/mol. The molecule has 1 aliphatic heterocycles. The van der Waals surface area contributed by atoms with Gasteiger partial charge in [0.2, 0.25) is 0 Å². The molecule has 1 amide bonds. The molecule has 0 saturated carbocycles. The third-order valence-electron chi connectivity index (χ3n) is 4.12. The summed E-state index contributed by atoms with van der Waals surface area (Å²) in [5, 5.41) is 8.73. The van der Waals surface area contributed by atoms with Crippen molar-refractivity contribution in [1.82, 2.24) is 4.90 Å². The highest BCUT2D eigenvalue weighted by molar-refractivity contribution is 5.77. The summed E-state index contributed by atoms with van der Waals surface area (Å²) in [5.74, 6) is 1.43. The van der Waals surface area contributed by atoms with Crippen LogP contribution >= 0.6 is 0 Å². The molecule has 0 radical (unpaired) electrons. The SMILES string of the molecule is CCC1CCCN(C(=O)COc2ccc(C#N)cc2)CC1. The Kier molecular flexibility index (Phi) is 5.62. The Hall–Kier alpha value is -2.02. The molecule has 0 aromatic heterocycles. The number of likely N-dealkylation sites (tertiary alicyclic amines) is 1. The zero-order chi connectivity index (χ0) is 15.1. The van der Waals surface area contributed by atoms with Gasteiger partial charge in [0.15, 0.2) is 6.61 Å². The van der Waals surface area contributed by atoms with Crippen molar-refractivity contribution in [1.29, 1.82) is 5.26 Å². The van der Waals surface area contributed by atoms with Crippen LogP contribution in [0.2, 0.25) is 0 Å². The third kappa shape index (κ3) is 4.49.